The Morgan fingerprint density at radius 3 is 2.53 bits per heavy atom. The van der Waals surface area contributed by atoms with E-state index < -0.39 is 0 Å². The van der Waals surface area contributed by atoms with Crippen LogP contribution in [0.15, 0.2) is 12.5 Å². The molecule has 0 aliphatic heterocycles. The minimum absolute atomic E-state index is 0.323. The molecule has 1 aromatic heterocycles. The lowest BCUT2D eigenvalue weighted by molar-refractivity contribution is 0.503. The van der Waals surface area contributed by atoms with Crippen molar-refractivity contribution >= 4 is 5.82 Å². The molecule has 0 saturated carbocycles. The number of rotatable bonds is 4. The second-order valence-corrected chi connectivity index (χ2v) is 4.28. The maximum Gasteiger partial charge on any atom is 0.134 e. The van der Waals surface area contributed by atoms with Crippen molar-refractivity contribution in [1.29, 1.82) is 0 Å². The van der Waals surface area contributed by atoms with Crippen LogP contribution >= 0.6 is 0 Å². The van der Waals surface area contributed by atoms with Gasteiger partial charge in [-0.3, -0.25) is 0 Å². The van der Waals surface area contributed by atoms with Crippen LogP contribution in [0.4, 0.5) is 5.82 Å². The summed E-state index contributed by atoms with van der Waals surface area (Å²) in [5.74, 6) is 1.79. The molecule has 1 unspecified atom stereocenters. The Hall–Kier alpha value is -1.16. The first kappa shape index (κ1) is 11.9. The molecule has 0 fully saturated rings. The molecule has 1 heterocycles. The molecule has 0 aromatic carbocycles. The molecule has 1 aromatic rings. The Balaban J connectivity index is 3.11. The van der Waals surface area contributed by atoms with E-state index in [0.717, 1.165) is 11.4 Å². The second-order valence-electron chi connectivity index (χ2n) is 4.28. The zero-order valence-electron chi connectivity index (χ0n) is 9.94. The Morgan fingerprint density at radius 1 is 1.40 bits per heavy atom. The van der Waals surface area contributed by atoms with Crippen LogP contribution in [0.25, 0.3) is 0 Å². The molecule has 15 heavy (non-hydrogen) atoms. The predicted octanol–water partition coefficient (Wildman–Crippen LogP) is 1.24. The van der Waals surface area contributed by atoms with Crippen LogP contribution in [0.2, 0.25) is 0 Å². The zero-order valence-corrected chi connectivity index (χ0v) is 9.94. The molecular weight excluding hydrogens is 188 g/mol. The van der Waals surface area contributed by atoms with Gasteiger partial charge in [0.15, 0.2) is 0 Å². The predicted molar refractivity (Wildman–Crippen MR) is 63.0 cm³/mol. The van der Waals surface area contributed by atoms with E-state index in [1.165, 1.54) is 0 Å². The summed E-state index contributed by atoms with van der Waals surface area (Å²) in [4.78, 5) is 10.4. The van der Waals surface area contributed by atoms with E-state index in [9.17, 15) is 0 Å². The van der Waals surface area contributed by atoms with Crippen molar-refractivity contribution in [3.63, 3.8) is 0 Å². The van der Waals surface area contributed by atoms with E-state index >= 15 is 0 Å². The Morgan fingerprint density at radius 2 is 2.07 bits per heavy atom. The Bertz CT molecular complexity index is 309. The quantitative estimate of drug-likeness (QED) is 0.809. The number of hydrogen-bond donors (Lipinski definition) is 1. The normalized spacial score (nSPS) is 12.9. The molecule has 0 aliphatic carbocycles. The van der Waals surface area contributed by atoms with Gasteiger partial charge in [-0.25, -0.2) is 9.97 Å². The molecule has 0 aliphatic rings. The average Bonchev–Trinajstić information content (AvgIpc) is 2.18. The van der Waals surface area contributed by atoms with Gasteiger partial charge in [0, 0.05) is 31.8 Å². The van der Waals surface area contributed by atoms with Gasteiger partial charge in [-0.05, 0) is 12.5 Å². The molecule has 2 N–H and O–H groups in total. The van der Waals surface area contributed by atoms with E-state index in [0.29, 0.717) is 18.4 Å². The van der Waals surface area contributed by atoms with Gasteiger partial charge in [-0.15, -0.1) is 0 Å². The average molecular weight is 208 g/mol. The van der Waals surface area contributed by atoms with Crippen molar-refractivity contribution in [2.75, 3.05) is 25.5 Å². The minimum Gasteiger partial charge on any atom is -0.362 e. The van der Waals surface area contributed by atoms with Crippen molar-refractivity contribution in [2.45, 2.75) is 19.8 Å². The number of aromatic nitrogens is 2. The molecule has 1 rings (SSSR count). The fourth-order valence-corrected chi connectivity index (χ4v) is 1.73. The molecule has 0 amide bonds. The highest BCUT2D eigenvalue weighted by atomic mass is 15.1. The van der Waals surface area contributed by atoms with E-state index in [1.54, 1.807) is 6.33 Å². The van der Waals surface area contributed by atoms with Crippen LogP contribution in [0.5, 0.6) is 0 Å². The summed E-state index contributed by atoms with van der Waals surface area (Å²) in [7, 11) is 3.97. The summed E-state index contributed by atoms with van der Waals surface area (Å²) < 4.78 is 0. The smallest absolute Gasteiger partial charge is 0.134 e. The van der Waals surface area contributed by atoms with Crippen LogP contribution in [0, 0.1) is 5.92 Å². The largest absolute Gasteiger partial charge is 0.362 e. The molecule has 84 valence electrons. The maximum atomic E-state index is 5.80. The highest BCUT2D eigenvalue weighted by molar-refractivity contribution is 5.46. The third-order valence-electron chi connectivity index (χ3n) is 2.60. The molecular formula is C11H20N4. The van der Waals surface area contributed by atoms with Gasteiger partial charge in [0.1, 0.15) is 12.1 Å². The van der Waals surface area contributed by atoms with E-state index in [4.69, 9.17) is 5.73 Å². The number of nitrogens with zero attached hydrogens (tertiary/aromatic N) is 3. The van der Waals surface area contributed by atoms with Crippen molar-refractivity contribution in [3.05, 3.63) is 18.1 Å². The van der Waals surface area contributed by atoms with Crippen LogP contribution in [0.3, 0.4) is 0 Å². The molecule has 4 nitrogen and oxygen atoms in total. The lowest BCUT2D eigenvalue weighted by Crippen LogP contribution is -2.22. The second kappa shape index (κ2) is 5.07. The van der Waals surface area contributed by atoms with Crippen LogP contribution in [0.1, 0.15) is 25.3 Å². The third kappa shape index (κ3) is 2.65. The van der Waals surface area contributed by atoms with E-state index in [-0.39, 0.29) is 0 Å². The van der Waals surface area contributed by atoms with Crippen LogP contribution < -0.4 is 10.6 Å². The van der Waals surface area contributed by atoms with Crippen LogP contribution in [-0.4, -0.2) is 30.6 Å². The standard InChI is InChI=1S/C11H20N4/c1-8(2)9(5-12)10-6-13-7-14-11(10)15(3)4/h6-9H,5,12H2,1-4H3. The number of hydrogen-bond acceptors (Lipinski definition) is 4. The Kier molecular flexibility index (Phi) is 4.03. The van der Waals surface area contributed by atoms with Crippen molar-refractivity contribution in [3.8, 4) is 0 Å². The summed E-state index contributed by atoms with van der Waals surface area (Å²) in [5.41, 5.74) is 6.94. The first-order valence-electron chi connectivity index (χ1n) is 5.25. The molecule has 4 heteroatoms. The summed E-state index contributed by atoms with van der Waals surface area (Å²) in [6.07, 6.45) is 3.45. The van der Waals surface area contributed by atoms with Crippen molar-refractivity contribution < 1.29 is 0 Å². The van der Waals surface area contributed by atoms with Gasteiger partial charge >= 0.3 is 0 Å². The summed E-state index contributed by atoms with van der Waals surface area (Å²) in [6.45, 7) is 4.97. The monoisotopic (exact) mass is 208 g/mol. The summed E-state index contributed by atoms with van der Waals surface area (Å²) in [6, 6.07) is 0. The summed E-state index contributed by atoms with van der Waals surface area (Å²) >= 11 is 0. The minimum atomic E-state index is 0.323. The zero-order chi connectivity index (χ0) is 11.4. The topological polar surface area (TPSA) is 55.0 Å². The van der Waals surface area contributed by atoms with Gasteiger partial charge < -0.3 is 10.6 Å². The molecule has 0 bridgehead atoms. The lowest BCUT2D eigenvalue weighted by Gasteiger charge is -2.23. The molecule has 1 atom stereocenters. The molecule has 0 saturated heterocycles. The summed E-state index contributed by atoms with van der Waals surface area (Å²) in [5, 5.41) is 0. The van der Waals surface area contributed by atoms with E-state index in [2.05, 4.69) is 23.8 Å². The fraction of sp³-hybridized carbons (Fsp3) is 0.636. The van der Waals surface area contributed by atoms with Gasteiger partial charge in [-0.1, -0.05) is 13.8 Å². The highest BCUT2D eigenvalue weighted by Crippen LogP contribution is 2.28. The highest BCUT2D eigenvalue weighted by Gasteiger charge is 2.19. The maximum absolute atomic E-state index is 5.80. The van der Waals surface area contributed by atoms with Gasteiger partial charge in [-0.2, -0.15) is 0 Å². The van der Waals surface area contributed by atoms with E-state index in [1.807, 2.05) is 25.2 Å². The van der Waals surface area contributed by atoms with Gasteiger partial charge in [0.05, 0.1) is 0 Å². The van der Waals surface area contributed by atoms with Gasteiger partial charge in [0.2, 0.25) is 0 Å². The molecule has 0 spiro atoms. The fourth-order valence-electron chi connectivity index (χ4n) is 1.73. The van der Waals surface area contributed by atoms with Gasteiger partial charge in [0.25, 0.3) is 0 Å². The van der Waals surface area contributed by atoms with Crippen molar-refractivity contribution in [2.24, 2.45) is 11.7 Å². The van der Waals surface area contributed by atoms with Crippen molar-refractivity contribution in [1.82, 2.24) is 9.97 Å². The first-order chi connectivity index (χ1) is 7.07. The number of nitrogens with two attached hydrogens (primary N) is 1. The lowest BCUT2D eigenvalue weighted by atomic mass is 9.89. The SMILES string of the molecule is CC(C)C(CN)c1cncnc1N(C)C. The molecule has 0 radical (unpaired) electrons. The van der Waals surface area contributed by atoms with Crippen LogP contribution in [-0.2, 0) is 0 Å². The Labute approximate surface area is 91.5 Å². The number of anilines is 1. The first-order valence-corrected chi connectivity index (χ1v) is 5.25. The third-order valence-corrected chi connectivity index (χ3v) is 2.60.